The Balaban J connectivity index is 2.00. The fraction of sp³-hybridized carbons (Fsp3) is 0.500. The quantitative estimate of drug-likeness (QED) is 0.865. The lowest BCUT2D eigenvalue weighted by atomic mass is 10.1. The van der Waals surface area contributed by atoms with Gasteiger partial charge in [-0.3, -0.25) is 0 Å². The van der Waals surface area contributed by atoms with Crippen molar-refractivity contribution in [3.05, 3.63) is 35.5 Å². The third-order valence-corrected chi connectivity index (χ3v) is 3.93. The summed E-state index contributed by atoms with van der Waals surface area (Å²) in [5, 5.41) is 4.97. The van der Waals surface area contributed by atoms with Crippen LogP contribution in [-0.4, -0.2) is 10.6 Å². The van der Waals surface area contributed by atoms with Crippen LogP contribution in [0.25, 0.3) is 10.9 Å². The van der Waals surface area contributed by atoms with Crippen molar-refractivity contribution < 1.29 is 0 Å². The van der Waals surface area contributed by atoms with Gasteiger partial charge < -0.3 is 15.6 Å². The van der Waals surface area contributed by atoms with Crippen LogP contribution in [-0.2, 0) is 13.1 Å². The largest absolute Gasteiger partial charge is 0.345 e. The maximum Gasteiger partial charge on any atom is 0.0489 e. The molecule has 0 bridgehead atoms. The van der Waals surface area contributed by atoms with Crippen LogP contribution >= 0.6 is 0 Å². The lowest BCUT2D eigenvalue weighted by Gasteiger charge is -2.09. The number of aromatic nitrogens is 1. The molecule has 1 fully saturated rings. The van der Waals surface area contributed by atoms with Crippen molar-refractivity contribution >= 4 is 10.9 Å². The summed E-state index contributed by atoms with van der Waals surface area (Å²) < 4.78 is 2.36. The molecule has 0 aliphatic heterocycles. The molecule has 3 heteroatoms. The molecule has 1 aliphatic carbocycles. The first-order chi connectivity index (χ1) is 9.19. The monoisotopic (exact) mass is 257 g/mol. The molecule has 3 nitrogen and oxygen atoms in total. The Hall–Kier alpha value is -1.32. The van der Waals surface area contributed by atoms with Crippen LogP contribution in [0, 0.1) is 0 Å². The second-order valence-electron chi connectivity index (χ2n) is 5.87. The zero-order chi connectivity index (χ0) is 13.4. The smallest absolute Gasteiger partial charge is 0.0489 e. The van der Waals surface area contributed by atoms with Crippen molar-refractivity contribution in [3.63, 3.8) is 0 Å². The predicted molar refractivity (Wildman–Crippen MR) is 80.1 cm³/mol. The van der Waals surface area contributed by atoms with Gasteiger partial charge in [-0.1, -0.05) is 12.1 Å². The number of nitrogens with zero attached hydrogens (tertiary/aromatic N) is 1. The van der Waals surface area contributed by atoms with Crippen LogP contribution < -0.4 is 11.1 Å². The maximum atomic E-state index is 5.76. The minimum atomic E-state index is 0.477. The summed E-state index contributed by atoms with van der Waals surface area (Å²) in [6, 6.07) is 7.83. The highest BCUT2D eigenvalue weighted by Crippen LogP contribution is 2.27. The van der Waals surface area contributed by atoms with E-state index in [0.717, 1.165) is 12.6 Å². The van der Waals surface area contributed by atoms with Gasteiger partial charge in [-0.25, -0.2) is 0 Å². The molecule has 3 N–H and O–H groups in total. The molecular formula is C16H23N3. The van der Waals surface area contributed by atoms with Gasteiger partial charge in [0.1, 0.15) is 0 Å². The first kappa shape index (κ1) is 12.7. The summed E-state index contributed by atoms with van der Waals surface area (Å²) in [5.74, 6) is 0. The molecule has 3 rings (SSSR count). The Kier molecular flexibility index (Phi) is 3.33. The van der Waals surface area contributed by atoms with Crippen LogP contribution in [0.2, 0.25) is 0 Å². The first-order valence-corrected chi connectivity index (χ1v) is 7.25. The van der Waals surface area contributed by atoms with E-state index in [1.165, 1.54) is 34.9 Å². The summed E-state index contributed by atoms with van der Waals surface area (Å²) in [6.07, 6.45) is 4.96. The second kappa shape index (κ2) is 4.99. The van der Waals surface area contributed by atoms with Crippen LogP contribution in [0.15, 0.2) is 24.4 Å². The van der Waals surface area contributed by atoms with Crippen molar-refractivity contribution in [2.24, 2.45) is 5.73 Å². The van der Waals surface area contributed by atoms with Gasteiger partial charge in [0.25, 0.3) is 0 Å². The van der Waals surface area contributed by atoms with E-state index in [1.807, 2.05) is 0 Å². The summed E-state index contributed by atoms with van der Waals surface area (Å²) in [4.78, 5) is 0. The van der Waals surface area contributed by atoms with Crippen LogP contribution in [0.1, 0.15) is 43.9 Å². The molecule has 0 amide bonds. The highest BCUT2D eigenvalue weighted by Gasteiger charge is 2.21. The van der Waals surface area contributed by atoms with Crippen LogP contribution in [0.5, 0.6) is 0 Å². The van der Waals surface area contributed by atoms with E-state index in [9.17, 15) is 0 Å². The minimum Gasteiger partial charge on any atom is -0.345 e. The van der Waals surface area contributed by atoms with Gasteiger partial charge in [-0.15, -0.1) is 0 Å². The molecular weight excluding hydrogens is 234 g/mol. The molecule has 0 radical (unpaired) electrons. The van der Waals surface area contributed by atoms with E-state index in [-0.39, 0.29) is 0 Å². The Bertz CT molecular complexity index is 579. The molecule has 0 spiro atoms. The summed E-state index contributed by atoms with van der Waals surface area (Å²) in [6.45, 7) is 6.04. The Morgan fingerprint density at radius 3 is 2.79 bits per heavy atom. The van der Waals surface area contributed by atoms with Gasteiger partial charge in [-0.05, 0) is 43.9 Å². The normalized spacial score (nSPS) is 15.6. The number of fused-ring (bicyclic) bond motifs is 1. The summed E-state index contributed by atoms with van der Waals surface area (Å²) in [7, 11) is 0. The number of nitrogens with two attached hydrogens (primary N) is 1. The molecule has 1 aromatic carbocycles. The molecule has 0 unspecified atom stereocenters. The van der Waals surface area contributed by atoms with E-state index in [0.29, 0.717) is 12.6 Å². The topological polar surface area (TPSA) is 43.0 Å². The molecule has 1 saturated carbocycles. The molecule has 1 heterocycles. The van der Waals surface area contributed by atoms with E-state index >= 15 is 0 Å². The third-order valence-electron chi connectivity index (χ3n) is 3.93. The lowest BCUT2D eigenvalue weighted by Crippen LogP contribution is -2.15. The lowest BCUT2D eigenvalue weighted by molar-refractivity contribution is 0.616. The van der Waals surface area contributed by atoms with E-state index in [4.69, 9.17) is 5.73 Å². The number of nitrogens with one attached hydrogen (secondary N) is 1. The average molecular weight is 257 g/mol. The fourth-order valence-electron chi connectivity index (χ4n) is 2.61. The second-order valence-corrected chi connectivity index (χ2v) is 5.87. The highest BCUT2D eigenvalue weighted by atomic mass is 15.0. The van der Waals surface area contributed by atoms with E-state index in [1.54, 1.807) is 0 Å². The van der Waals surface area contributed by atoms with Crippen LogP contribution in [0.3, 0.4) is 0 Å². The number of hydrogen-bond acceptors (Lipinski definition) is 2. The van der Waals surface area contributed by atoms with Gasteiger partial charge in [0.05, 0.1) is 0 Å². The van der Waals surface area contributed by atoms with Gasteiger partial charge in [0, 0.05) is 42.3 Å². The molecule has 1 aromatic heterocycles. The third kappa shape index (κ3) is 2.53. The zero-order valence-electron chi connectivity index (χ0n) is 11.8. The predicted octanol–water partition coefficient (Wildman–Crippen LogP) is 2.93. The highest BCUT2D eigenvalue weighted by molar-refractivity contribution is 5.84. The van der Waals surface area contributed by atoms with Crippen molar-refractivity contribution in [3.8, 4) is 0 Å². The molecule has 0 saturated heterocycles. The minimum absolute atomic E-state index is 0.477. The van der Waals surface area contributed by atoms with Crippen molar-refractivity contribution in [1.82, 2.24) is 9.88 Å². The Labute approximate surface area is 114 Å². The number of hydrogen-bond donors (Lipinski definition) is 2. The SMILES string of the molecule is CC(C)n1cc(CNC2CC2)c2ccc(CN)cc21. The molecule has 1 aliphatic rings. The van der Waals surface area contributed by atoms with Gasteiger partial charge in [0.2, 0.25) is 0 Å². The molecule has 19 heavy (non-hydrogen) atoms. The number of rotatable bonds is 5. The van der Waals surface area contributed by atoms with Crippen molar-refractivity contribution in [1.29, 1.82) is 0 Å². The Morgan fingerprint density at radius 1 is 1.37 bits per heavy atom. The summed E-state index contributed by atoms with van der Waals surface area (Å²) >= 11 is 0. The molecule has 102 valence electrons. The van der Waals surface area contributed by atoms with Gasteiger partial charge in [-0.2, -0.15) is 0 Å². The molecule has 0 atom stereocenters. The summed E-state index contributed by atoms with van der Waals surface area (Å²) in [5.41, 5.74) is 9.67. The zero-order valence-corrected chi connectivity index (χ0v) is 11.8. The molecule has 2 aromatic rings. The average Bonchev–Trinajstić information content (AvgIpc) is 3.16. The fourth-order valence-corrected chi connectivity index (χ4v) is 2.61. The maximum absolute atomic E-state index is 5.76. The number of benzene rings is 1. The van der Waals surface area contributed by atoms with Gasteiger partial charge in [0.15, 0.2) is 0 Å². The first-order valence-electron chi connectivity index (χ1n) is 7.25. The van der Waals surface area contributed by atoms with Crippen molar-refractivity contribution in [2.75, 3.05) is 0 Å². The van der Waals surface area contributed by atoms with E-state index < -0.39 is 0 Å². The van der Waals surface area contributed by atoms with E-state index in [2.05, 4.69) is 48.1 Å². The van der Waals surface area contributed by atoms with Crippen molar-refractivity contribution in [2.45, 2.75) is 51.9 Å². The Morgan fingerprint density at radius 2 is 2.16 bits per heavy atom. The standard InChI is InChI=1S/C16H23N3/c1-11(2)19-10-13(9-18-14-4-5-14)15-6-3-12(8-17)7-16(15)19/h3,6-7,10-11,14,18H,4-5,8-9,17H2,1-2H3. The van der Waals surface area contributed by atoms with Crippen LogP contribution in [0.4, 0.5) is 0 Å². The van der Waals surface area contributed by atoms with Gasteiger partial charge >= 0.3 is 0 Å².